The van der Waals surface area contributed by atoms with Crippen LogP contribution in [0.3, 0.4) is 0 Å². The van der Waals surface area contributed by atoms with E-state index < -0.39 is 0 Å². The number of nitrogens with one attached hydrogen (secondary N) is 2. The molecule has 0 bridgehead atoms. The maximum absolute atomic E-state index is 5.27. The van der Waals surface area contributed by atoms with Crippen molar-refractivity contribution in [2.45, 2.75) is 33.0 Å². The molecule has 5 heteroatoms. The molecule has 2 aromatic carbocycles. The summed E-state index contributed by atoms with van der Waals surface area (Å²) in [5.74, 6) is 0.820. The van der Waals surface area contributed by atoms with Crippen molar-refractivity contribution in [2.75, 3.05) is 13.7 Å². The lowest BCUT2D eigenvalue weighted by atomic mass is 10.1. The van der Waals surface area contributed by atoms with Crippen LogP contribution in [0, 0.1) is 0 Å². The molecule has 0 saturated carbocycles. The molecule has 136 valence electrons. The van der Waals surface area contributed by atoms with Crippen LogP contribution in [0.2, 0.25) is 0 Å². The molecule has 0 aromatic heterocycles. The summed E-state index contributed by atoms with van der Waals surface area (Å²) in [6.07, 6.45) is 0. The molecule has 0 fully saturated rings. The standard InChI is InChI=1S/C20H27N3O.HI/c1-4-21-20(23-16(2)17-10-6-5-7-11-17)22-14-18-12-8-9-13-19(18)15-24-3;/h5-13,16H,4,14-15H2,1-3H3,(H2,21,22,23);1H. The third kappa shape index (κ3) is 7.04. The summed E-state index contributed by atoms with van der Waals surface area (Å²) < 4.78 is 5.27. The molecule has 0 spiro atoms. The SMILES string of the molecule is CCNC(=NCc1ccccc1COC)NC(C)c1ccccc1.I. The summed E-state index contributed by atoms with van der Waals surface area (Å²) in [6.45, 7) is 6.27. The van der Waals surface area contributed by atoms with Crippen LogP contribution >= 0.6 is 24.0 Å². The summed E-state index contributed by atoms with van der Waals surface area (Å²) in [5, 5.41) is 6.78. The Kier molecular flexibility index (Phi) is 10.2. The number of benzene rings is 2. The number of guanidine groups is 1. The van der Waals surface area contributed by atoms with Crippen molar-refractivity contribution in [3.05, 3.63) is 71.3 Å². The van der Waals surface area contributed by atoms with E-state index in [1.165, 1.54) is 16.7 Å². The minimum atomic E-state index is 0. The van der Waals surface area contributed by atoms with Gasteiger partial charge in [0.15, 0.2) is 5.96 Å². The van der Waals surface area contributed by atoms with Crippen molar-refractivity contribution in [1.29, 1.82) is 0 Å². The van der Waals surface area contributed by atoms with E-state index in [1.54, 1.807) is 7.11 Å². The van der Waals surface area contributed by atoms with Gasteiger partial charge in [-0.3, -0.25) is 0 Å². The van der Waals surface area contributed by atoms with E-state index in [2.05, 4.69) is 60.9 Å². The zero-order valence-corrected chi connectivity index (χ0v) is 17.5. The fourth-order valence-electron chi connectivity index (χ4n) is 2.52. The van der Waals surface area contributed by atoms with Crippen molar-refractivity contribution in [3.63, 3.8) is 0 Å². The molecule has 2 N–H and O–H groups in total. The van der Waals surface area contributed by atoms with Gasteiger partial charge in [-0.15, -0.1) is 24.0 Å². The van der Waals surface area contributed by atoms with Crippen LogP contribution in [-0.2, 0) is 17.9 Å². The largest absolute Gasteiger partial charge is 0.380 e. The monoisotopic (exact) mass is 453 g/mol. The van der Waals surface area contributed by atoms with Crippen LogP contribution in [0.4, 0.5) is 0 Å². The molecule has 1 atom stereocenters. The average Bonchev–Trinajstić information content (AvgIpc) is 2.62. The third-order valence-electron chi connectivity index (χ3n) is 3.82. The van der Waals surface area contributed by atoms with Crippen molar-refractivity contribution in [2.24, 2.45) is 4.99 Å². The Balaban J connectivity index is 0.00000312. The van der Waals surface area contributed by atoms with Gasteiger partial charge < -0.3 is 15.4 Å². The zero-order chi connectivity index (χ0) is 17.2. The first-order valence-corrected chi connectivity index (χ1v) is 8.40. The molecule has 25 heavy (non-hydrogen) atoms. The molecular weight excluding hydrogens is 425 g/mol. The number of nitrogens with zero attached hydrogens (tertiary/aromatic N) is 1. The van der Waals surface area contributed by atoms with Crippen molar-refractivity contribution >= 4 is 29.9 Å². The number of aliphatic imine (C=N–C) groups is 1. The fourth-order valence-corrected chi connectivity index (χ4v) is 2.52. The van der Waals surface area contributed by atoms with E-state index in [4.69, 9.17) is 9.73 Å². The Labute approximate surface area is 168 Å². The van der Waals surface area contributed by atoms with Crippen LogP contribution in [0.5, 0.6) is 0 Å². The van der Waals surface area contributed by atoms with Gasteiger partial charge in [0, 0.05) is 13.7 Å². The lowest BCUT2D eigenvalue weighted by Gasteiger charge is -2.18. The van der Waals surface area contributed by atoms with Gasteiger partial charge >= 0.3 is 0 Å². The first-order chi connectivity index (χ1) is 11.7. The number of hydrogen-bond donors (Lipinski definition) is 2. The van der Waals surface area contributed by atoms with Gasteiger partial charge in [-0.25, -0.2) is 4.99 Å². The number of methoxy groups -OCH3 is 1. The molecule has 0 heterocycles. The predicted molar refractivity (Wildman–Crippen MR) is 115 cm³/mol. The van der Waals surface area contributed by atoms with Gasteiger partial charge in [-0.05, 0) is 30.5 Å². The highest BCUT2D eigenvalue weighted by molar-refractivity contribution is 14.0. The summed E-state index contributed by atoms with van der Waals surface area (Å²) >= 11 is 0. The summed E-state index contributed by atoms with van der Waals surface area (Å²) in [5.41, 5.74) is 3.60. The second-order valence-corrected chi connectivity index (χ2v) is 5.67. The van der Waals surface area contributed by atoms with Crippen LogP contribution in [0.1, 0.15) is 36.6 Å². The fraction of sp³-hybridized carbons (Fsp3) is 0.350. The summed E-state index contributed by atoms with van der Waals surface area (Å²) in [6, 6.07) is 18.8. The van der Waals surface area contributed by atoms with Gasteiger partial charge in [0.2, 0.25) is 0 Å². The minimum Gasteiger partial charge on any atom is -0.380 e. The van der Waals surface area contributed by atoms with E-state index >= 15 is 0 Å². The van der Waals surface area contributed by atoms with E-state index in [-0.39, 0.29) is 30.0 Å². The highest BCUT2D eigenvalue weighted by atomic mass is 127. The quantitative estimate of drug-likeness (QED) is 0.374. The lowest BCUT2D eigenvalue weighted by Crippen LogP contribution is -2.38. The second-order valence-electron chi connectivity index (χ2n) is 5.67. The number of halogens is 1. The van der Waals surface area contributed by atoms with E-state index in [9.17, 15) is 0 Å². The predicted octanol–water partition coefficient (Wildman–Crippen LogP) is 4.27. The molecule has 0 aliphatic rings. The van der Waals surface area contributed by atoms with Crippen LogP contribution in [-0.4, -0.2) is 19.6 Å². The lowest BCUT2D eigenvalue weighted by molar-refractivity contribution is 0.184. The van der Waals surface area contributed by atoms with E-state index in [0.29, 0.717) is 13.2 Å². The van der Waals surface area contributed by atoms with Crippen LogP contribution < -0.4 is 10.6 Å². The van der Waals surface area contributed by atoms with Gasteiger partial charge in [-0.2, -0.15) is 0 Å². The molecule has 0 amide bonds. The van der Waals surface area contributed by atoms with Gasteiger partial charge in [0.1, 0.15) is 0 Å². The first kappa shape index (κ1) is 21.4. The highest BCUT2D eigenvalue weighted by Gasteiger charge is 2.07. The van der Waals surface area contributed by atoms with E-state index in [1.807, 2.05) is 18.2 Å². The maximum Gasteiger partial charge on any atom is 0.192 e. The van der Waals surface area contributed by atoms with Crippen molar-refractivity contribution < 1.29 is 4.74 Å². The average molecular weight is 453 g/mol. The van der Waals surface area contributed by atoms with Crippen LogP contribution in [0.15, 0.2) is 59.6 Å². The normalized spacial score (nSPS) is 12.2. The van der Waals surface area contributed by atoms with Crippen LogP contribution in [0.25, 0.3) is 0 Å². The highest BCUT2D eigenvalue weighted by Crippen LogP contribution is 2.13. The Morgan fingerprint density at radius 2 is 1.68 bits per heavy atom. The Hall–Kier alpha value is -1.60. The smallest absolute Gasteiger partial charge is 0.192 e. The number of hydrogen-bond acceptors (Lipinski definition) is 2. The molecule has 0 saturated heterocycles. The topological polar surface area (TPSA) is 45.7 Å². The molecule has 0 aliphatic carbocycles. The first-order valence-electron chi connectivity index (χ1n) is 8.40. The Morgan fingerprint density at radius 1 is 1.04 bits per heavy atom. The molecule has 4 nitrogen and oxygen atoms in total. The molecule has 2 rings (SSSR count). The number of rotatable bonds is 7. The van der Waals surface area contributed by atoms with Crippen molar-refractivity contribution in [3.8, 4) is 0 Å². The molecule has 0 radical (unpaired) electrons. The van der Waals surface area contributed by atoms with Gasteiger partial charge in [-0.1, -0.05) is 54.6 Å². The Morgan fingerprint density at radius 3 is 2.32 bits per heavy atom. The molecule has 0 aliphatic heterocycles. The number of ether oxygens (including phenoxy) is 1. The van der Waals surface area contributed by atoms with Gasteiger partial charge in [0.25, 0.3) is 0 Å². The third-order valence-corrected chi connectivity index (χ3v) is 3.82. The molecule has 2 aromatic rings. The van der Waals surface area contributed by atoms with Crippen molar-refractivity contribution in [1.82, 2.24) is 10.6 Å². The maximum atomic E-state index is 5.27. The summed E-state index contributed by atoms with van der Waals surface area (Å²) in [7, 11) is 1.72. The molecular formula is C20H28IN3O. The zero-order valence-electron chi connectivity index (χ0n) is 15.2. The summed E-state index contributed by atoms with van der Waals surface area (Å²) in [4.78, 5) is 4.73. The van der Waals surface area contributed by atoms with Gasteiger partial charge in [0.05, 0.1) is 19.2 Å². The molecule has 1 unspecified atom stereocenters. The minimum absolute atomic E-state index is 0. The second kappa shape index (κ2) is 11.9. The Bertz CT molecular complexity index is 646. The van der Waals surface area contributed by atoms with E-state index in [0.717, 1.165) is 12.5 Å².